The first-order chi connectivity index (χ1) is 8.08. The fourth-order valence-corrected chi connectivity index (χ4v) is 1.80. The Morgan fingerprint density at radius 1 is 1.35 bits per heavy atom. The summed E-state index contributed by atoms with van der Waals surface area (Å²) < 4.78 is 15.7. The van der Waals surface area contributed by atoms with Gasteiger partial charge in [-0.3, -0.25) is 0 Å². The summed E-state index contributed by atoms with van der Waals surface area (Å²) in [6, 6.07) is 5.03. The van der Waals surface area contributed by atoms with Gasteiger partial charge in [0.15, 0.2) is 5.82 Å². The highest BCUT2D eigenvalue weighted by atomic mass is 19.1. The van der Waals surface area contributed by atoms with E-state index in [1.807, 2.05) is 11.5 Å². The zero-order chi connectivity index (χ0) is 12.4. The summed E-state index contributed by atoms with van der Waals surface area (Å²) in [6.45, 7) is 6.94. The molecule has 17 heavy (non-hydrogen) atoms. The minimum Gasteiger partial charge on any atom is -0.313 e. The number of hydrogen-bond acceptors (Lipinski definition) is 2. The molecule has 1 aromatic carbocycles. The van der Waals surface area contributed by atoms with Crippen LogP contribution < -0.4 is 0 Å². The van der Waals surface area contributed by atoms with Crippen molar-refractivity contribution in [2.75, 3.05) is 0 Å². The zero-order valence-electron chi connectivity index (χ0n) is 10.3. The molecule has 1 heterocycles. The topological polar surface area (TPSA) is 30.7 Å². The molecule has 0 aliphatic rings. The smallest absolute Gasteiger partial charge is 0.166 e. The van der Waals surface area contributed by atoms with Crippen LogP contribution in [-0.4, -0.2) is 14.8 Å². The van der Waals surface area contributed by atoms with E-state index in [2.05, 4.69) is 24.0 Å². The maximum Gasteiger partial charge on any atom is 0.166 e. The van der Waals surface area contributed by atoms with Gasteiger partial charge >= 0.3 is 0 Å². The van der Waals surface area contributed by atoms with Gasteiger partial charge in [0.1, 0.15) is 12.1 Å². The summed E-state index contributed by atoms with van der Waals surface area (Å²) in [5, 5.41) is 7.88. The van der Waals surface area contributed by atoms with Crippen molar-refractivity contribution in [3.63, 3.8) is 0 Å². The molecule has 0 unspecified atom stereocenters. The Labute approximate surface area is 100 Å². The molecule has 0 spiro atoms. The highest BCUT2D eigenvalue weighted by Gasteiger charge is 2.12. The second-order valence-corrected chi connectivity index (χ2v) is 4.68. The van der Waals surface area contributed by atoms with Gasteiger partial charge in [-0.15, -0.1) is 10.2 Å². The first-order valence-electron chi connectivity index (χ1n) is 5.72. The number of benzene rings is 1. The predicted octanol–water partition coefficient (Wildman–Crippen LogP) is 3.05. The van der Waals surface area contributed by atoms with Crippen LogP contribution in [0.5, 0.6) is 0 Å². The lowest BCUT2D eigenvalue weighted by atomic mass is 10.1. The highest BCUT2D eigenvalue weighted by molar-refractivity contribution is 5.57. The average Bonchev–Trinajstić information content (AvgIpc) is 2.69. The third-order valence-corrected chi connectivity index (χ3v) is 2.54. The Kier molecular flexibility index (Phi) is 3.22. The van der Waals surface area contributed by atoms with E-state index >= 15 is 0 Å². The Hall–Kier alpha value is -1.71. The molecule has 0 saturated carbocycles. The van der Waals surface area contributed by atoms with E-state index in [1.54, 1.807) is 18.5 Å². The molecule has 0 radical (unpaired) electrons. The number of hydrogen-bond donors (Lipinski definition) is 0. The van der Waals surface area contributed by atoms with Gasteiger partial charge in [-0.25, -0.2) is 4.39 Å². The Balaban J connectivity index is 2.45. The van der Waals surface area contributed by atoms with Gasteiger partial charge in [0.05, 0.1) is 5.56 Å². The molecule has 0 atom stereocenters. The highest BCUT2D eigenvalue weighted by Crippen LogP contribution is 2.22. The second kappa shape index (κ2) is 4.65. The van der Waals surface area contributed by atoms with Crippen molar-refractivity contribution < 1.29 is 4.39 Å². The molecular weight excluding hydrogens is 217 g/mol. The maximum absolute atomic E-state index is 13.8. The van der Waals surface area contributed by atoms with Crippen molar-refractivity contribution in [1.82, 2.24) is 14.8 Å². The van der Waals surface area contributed by atoms with Crippen LogP contribution in [0.4, 0.5) is 4.39 Å². The lowest BCUT2D eigenvalue weighted by Gasteiger charge is -2.10. The molecule has 0 bridgehead atoms. The van der Waals surface area contributed by atoms with Crippen LogP contribution in [0.2, 0.25) is 0 Å². The molecule has 2 rings (SSSR count). The molecule has 0 saturated heterocycles. The van der Waals surface area contributed by atoms with E-state index in [-0.39, 0.29) is 5.82 Å². The van der Waals surface area contributed by atoms with Crippen LogP contribution in [0.15, 0.2) is 24.5 Å². The zero-order valence-corrected chi connectivity index (χ0v) is 10.3. The minimum absolute atomic E-state index is 0.256. The van der Waals surface area contributed by atoms with Crippen LogP contribution in [0.1, 0.15) is 19.4 Å². The summed E-state index contributed by atoms with van der Waals surface area (Å²) in [7, 11) is 0. The van der Waals surface area contributed by atoms with E-state index in [1.165, 1.54) is 6.07 Å². The monoisotopic (exact) mass is 233 g/mol. The number of halogens is 1. The van der Waals surface area contributed by atoms with Gasteiger partial charge < -0.3 is 4.57 Å². The molecule has 0 aliphatic carbocycles. The Morgan fingerprint density at radius 2 is 2.12 bits per heavy atom. The lowest BCUT2D eigenvalue weighted by Crippen LogP contribution is -2.06. The van der Waals surface area contributed by atoms with Gasteiger partial charge in [0.25, 0.3) is 0 Å². The van der Waals surface area contributed by atoms with Crippen LogP contribution in [-0.2, 0) is 6.54 Å². The lowest BCUT2D eigenvalue weighted by molar-refractivity contribution is 0.523. The van der Waals surface area contributed by atoms with Crippen molar-refractivity contribution in [2.45, 2.75) is 27.3 Å². The molecule has 4 heteroatoms. The minimum atomic E-state index is -0.256. The average molecular weight is 233 g/mol. The van der Waals surface area contributed by atoms with E-state index in [4.69, 9.17) is 0 Å². The van der Waals surface area contributed by atoms with E-state index < -0.39 is 0 Å². The molecule has 1 aromatic heterocycles. The summed E-state index contributed by atoms with van der Waals surface area (Å²) in [6.07, 6.45) is 1.65. The van der Waals surface area contributed by atoms with Gasteiger partial charge in [-0.05, 0) is 25.0 Å². The van der Waals surface area contributed by atoms with Crippen molar-refractivity contribution in [2.24, 2.45) is 5.92 Å². The molecule has 0 fully saturated rings. The number of rotatable bonds is 3. The maximum atomic E-state index is 13.8. The van der Waals surface area contributed by atoms with E-state index in [0.29, 0.717) is 17.3 Å². The fourth-order valence-electron chi connectivity index (χ4n) is 1.80. The molecule has 90 valence electrons. The fraction of sp³-hybridized carbons (Fsp3) is 0.385. The Bertz CT molecular complexity index is 517. The molecule has 3 nitrogen and oxygen atoms in total. The van der Waals surface area contributed by atoms with Gasteiger partial charge in [-0.1, -0.05) is 25.5 Å². The van der Waals surface area contributed by atoms with E-state index in [0.717, 1.165) is 12.1 Å². The standard InChI is InChI=1S/C13H16FN3/c1-9(2)7-17-8-15-16-13(17)11-6-10(3)4-5-12(11)14/h4-6,8-9H,7H2,1-3H3. The van der Waals surface area contributed by atoms with Crippen LogP contribution in [0.25, 0.3) is 11.4 Å². The molecular formula is C13H16FN3. The summed E-state index contributed by atoms with van der Waals surface area (Å²) in [4.78, 5) is 0. The van der Waals surface area contributed by atoms with Crippen LogP contribution >= 0.6 is 0 Å². The number of aryl methyl sites for hydroxylation is 1. The van der Waals surface area contributed by atoms with Crippen molar-refractivity contribution in [3.8, 4) is 11.4 Å². The quantitative estimate of drug-likeness (QED) is 0.815. The molecule has 0 N–H and O–H groups in total. The first kappa shape index (κ1) is 11.8. The normalized spacial score (nSPS) is 11.1. The van der Waals surface area contributed by atoms with Gasteiger partial charge in [-0.2, -0.15) is 0 Å². The van der Waals surface area contributed by atoms with E-state index in [9.17, 15) is 4.39 Å². The third kappa shape index (κ3) is 2.52. The predicted molar refractivity (Wildman–Crippen MR) is 65.0 cm³/mol. The third-order valence-electron chi connectivity index (χ3n) is 2.54. The number of nitrogens with zero attached hydrogens (tertiary/aromatic N) is 3. The van der Waals surface area contributed by atoms with Gasteiger partial charge in [0.2, 0.25) is 0 Å². The first-order valence-corrected chi connectivity index (χ1v) is 5.72. The van der Waals surface area contributed by atoms with Crippen molar-refractivity contribution >= 4 is 0 Å². The summed E-state index contributed by atoms with van der Waals surface area (Å²) in [5.41, 5.74) is 1.53. The van der Waals surface area contributed by atoms with Crippen LogP contribution in [0.3, 0.4) is 0 Å². The Morgan fingerprint density at radius 3 is 2.82 bits per heavy atom. The molecule has 0 aliphatic heterocycles. The summed E-state index contributed by atoms with van der Waals surface area (Å²) in [5.74, 6) is 0.811. The van der Waals surface area contributed by atoms with Crippen molar-refractivity contribution in [3.05, 3.63) is 35.9 Å². The second-order valence-electron chi connectivity index (χ2n) is 4.68. The van der Waals surface area contributed by atoms with Gasteiger partial charge in [0, 0.05) is 6.54 Å². The SMILES string of the molecule is Cc1ccc(F)c(-c2nncn2CC(C)C)c1. The molecule has 2 aromatic rings. The number of aromatic nitrogens is 3. The van der Waals surface area contributed by atoms with Crippen LogP contribution in [0, 0.1) is 18.7 Å². The molecule has 0 amide bonds. The van der Waals surface area contributed by atoms with Crippen molar-refractivity contribution in [1.29, 1.82) is 0 Å². The summed E-state index contributed by atoms with van der Waals surface area (Å²) >= 11 is 0. The largest absolute Gasteiger partial charge is 0.313 e.